The molecular formula is C15H22FNO. The van der Waals surface area contributed by atoms with E-state index in [0.29, 0.717) is 18.6 Å². The smallest absolute Gasteiger partial charge is 0.123 e. The standard InChI is InChI=1S/C15H22FNO/c16-14-6-4-12(5-7-14)13-10-15(11-13)17-8-2-1-3-9-18/h4-7,13,15,17-18H,1-3,8-11H2. The molecule has 2 nitrogen and oxygen atoms in total. The van der Waals surface area contributed by atoms with Crippen LogP contribution in [-0.2, 0) is 0 Å². The third kappa shape index (κ3) is 3.79. The molecule has 1 fully saturated rings. The molecule has 1 aliphatic carbocycles. The molecule has 0 atom stereocenters. The Kier molecular flexibility index (Phi) is 5.14. The van der Waals surface area contributed by atoms with Crippen LogP contribution >= 0.6 is 0 Å². The van der Waals surface area contributed by atoms with Gasteiger partial charge in [-0.2, -0.15) is 0 Å². The molecule has 1 aromatic carbocycles. The number of hydrogen-bond acceptors (Lipinski definition) is 2. The molecule has 100 valence electrons. The molecule has 0 amide bonds. The lowest BCUT2D eigenvalue weighted by molar-refractivity contribution is 0.273. The van der Waals surface area contributed by atoms with Gasteiger partial charge in [-0.1, -0.05) is 12.1 Å². The van der Waals surface area contributed by atoms with Crippen molar-refractivity contribution in [3.63, 3.8) is 0 Å². The van der Waals surface area contributed by atoms with E-state index in [4.69, 9.17) is 5.11 Å². The Morgan fingerprint density at radius 2 is 1.83 bits per heavy atom. The highest BCUT2D eigenvalue weighted by Gasteiger charge is 2.29. The van der Waals surface area contributed by atoms with Gasteiger partial charge in [-0.15, -0.1) is 0 Å². The second kappa shape index (κ2) is 6.86. The third-order valence-corrected chi connectivity index (χ3v) is 3.75. The highest BCUT2D eigenvalue weighted by Crippen LogP contribution is 2.36. The van der Waals surface area contributed by atoms with Gasteiger partial charge in [-0.25, -0.2) is 4.39 Å². The van der Waals surface area contributed by atoms with Gasteiger partial charge in [0.15, 0.2) is 0 Å². The third-order valence-electron chi connectivity index (χ3n) is 3.75. The Bertz CT molecular complexity index is 346. The first-order valence-corrected chi connectivity index (χ1v) is 6.89. The molecule has 0 heterocycles. The first-order chi connectivity index (χ1) is 8.79. The summed E-state index contributed by atoms with van der Waals surface area (Å²) in [5.74, 6) is 0.442. The fraction of sp³-hybridized carbons (Fsp3) is 0.600. The van der Waals surface area contributed by atoms with Crippen molar-refractivity contribution in [2.24, 2.45) is 0 Å². The molecular weight excluding hydrogens is 229 g/mol. The first-order valence-electron chi connectivity index (χ1n) is 6.89. The number of unbranched alkanes of at least 4 members (excludes halogenated alkanes) is 2. The number of halogens is 1. The Morgan fingerprint density at radius 1 is 1.11 bits per heavy atom. The van der Waals surface area contributed by atoms with E-state index in [1.807, 2.05) is 12.1 Å². The van der Waals surface area contributed by atoms with Crippen LogP contribution in [0.5, 0.6) is 0 Å². The number of benzene rings is 1. The van der Waals surface area contributed by atoms with Crippen LogP contribution in [0, 0.1) is 5.82 Å². The summed E-state index contributed by atoms with van der Waals surface area (Å²) in [5, 5.41) is 12.2. The summed E-state index contributed by atoms with van der Waals surface area (Å²) in [7, 11) is 0. The van der Waals surface area contributed by atoms with Crippen molar-refractivity contribution in [1.82, 2.24) is 5.32 Å². The maximum Gasteiger partial charge on any atom is 0.123 e. The van der Waals surface area contributed by atoms with Crippen molar-refractivity contribution in [2.75, 3.05) is 13.2 Å². The molecule has 0 bridgehead atoms. The quantitative estimate of drug-likeness (QED) is 0.730. The summed E-state index contributed by atoms with van der Waals surface area (Å²) in [5.41, 5.74) is 1.26. The van der Waals surface area contributed by atoms with Crippen molar-refractivity contribution in [2.45, 2.75) is 44.1 Å². The molecule has 0 aliphatic heterocycles. The number of aliphatic hydroxyl groups excluding tert-OH is 1. The monoisotopic (exact) mass is 251 g/mol. The van der Waals surface area contributed by atoms with Crippen molar-refractivity contribution in [1.29, 1.82) is 0 Å². The van der Waals surface area contributed by atoms with Gasteiger partial charge in [0.25, 0.3) is 0 Å². The van der Waals surface area contributed by atoms with Crippen LogP contribution in [0.15, 0.2) is 24.3 Å². The number of aliphatic hydroxyl groups is 1. The van der Waals surface area contributed by atoms with Crippen molar-refractivity contribution >= 4 is 0 Å². The number of nitrogens with one attached hydrogen (secondary N) is 1. The molecule has 0 spiro atoms. The Morgan fingerprint density at radius 3 is 2.50 bits per heavy atom. The Labute approximate surface area is 108 Å². The molecule has 1 aromatic rings. The van der Waals surface area contributed by atoms with Gasteiger partial charge < -0.3 is 10.4 Å². The fourth-order valence-electron chi connectivity index (χ4n) is 2.51. The lowest BCUT2D eigenvalue weighted by atomic mass is 9.76. The fourth-order valence-corrected chi connectivity index (χ4v) is 2.51. The van der Waals surface area contributed by atoms with Crippen LogP contribution in [0.2, 0.25) is 0 Å². The van der Waals surface area contributed by atoms with Crippen LogP contribution in [0.3, 0.4) is 0 Å². The van der Waals surface area contributed by atoms with Gasteiger partial charge in [0.1, 0.15) is 5.82 Å². The lowest BCUT2D eigenvalue weighted by Crippen LogP contribution is -2.40. The summed E-state index contributed by atoms with van der Waals surface area (Å²) in [6, 6.07) is 7.51. The van der Waals surface area contributed by atoms with E-state index in [2.05, 4.69) is 5.32 Å². The van der Waals surface area contributed by atoms with Gasteiger partial charge in [0, 0.05) is 12.6 Å². The summed E-state index contributed by atoms with van der Waals surface area (Å²) >= 11 is 0. The van der Waals surface area contributed by atoms with Gasteiger partial charge in [-0.3, -0.25) is 0 Å². The van der Waals surface area contributed by atoms with Crippen molar-refractivity contribution in [3.05, 3.63) is 35.6 Å². The van der Waals surface area contributed by atoms with Crippen LogP contribution in [0.25, 0.3) is 0 Å². The average molecular weight is 251 g/mol. The second-order valence-corrected chi connectivity index (χ2v) is 5.16. The molecule has 2 N–H and O–H groups in total. The first kappa shape index (κ1) is 13.5. The summed E-state index contributed by atoms with van der Waals surface area (Å²) in [4.78, 5) is 0. The summed E-state index contributed by atoms with van der Waals surface area (Å²) in [6.45, 7) is 1.34. The lowest BCUT2D eigenvalue weighted by Gasteiger charge is -2.36. The van der Waals surface area contributed by atoms with Gasteiger partial charge in [0.2, 0.25) is 0 Å². The molecule has 0 unspecified atom stereocenters. The zero-order valence-electron chi connectivity index (χ0n) is 10.7. The summed E-state index contributed by atoms with van der Waals surface area (Å²) < 4.78 is 12.8. The van der Waals surface area contributed by atoms with Gasteiger partial charge in [-0.05, 0) is 62.3 Å². The topological polar surface area (TPSA) is 32.3 Å². The molecule has 1 saturated carbocycles. The minimum absolute atomic E-state index is 0.156. The predicted molar refractivity (Wildman–Crippen MR) is 71.1 cm³/mol. The number of rotatable bonds is 7. The Balaban J connectivity index is 1.60. The van der Waals surface area contributed by atoms with Crippen LogP contribution in [0.1, 0.15) is 43.6 Å². The van der Waals surface area contributed by atoms with E-state index < -0.39 is 0 Å². The minimum Gasteiger partial charge on any atom is -0.396 e. The zero-order chi connectivity index (χ0) is 12.8. The van der Waals surface area contributed by atoms with E-state index in [9.17, 15) is 4.39 Å². The van der Waals surface area contributed by atoms with E-state index in [0.717, 1.165) is 38.6 Å². The van der Waals surface area contributed by atoms with Crippen LogP contribution in [-0.4, -0.2) is 24.3 Å². The average Bonchev–Trinajstić information content (AvgIpc) is 2.33. The largest absolute Gasteiger partial charge is 0.396 e. The van der Waals surface area contributed by atoms with Gasteiger partial charge >= 0.3 is 0 Å². The van der Waals surface area contributed by atoms with E-state index in [1.54, 1.807) is 12.1 Å². The molecule has 3 heteroatoms. The zero-order valence-corrected chi connectivity index (χ0v) is 10.7. The highest BCUT2D eigenvalue weighted by molar-refractivity contribution is 5.23. The normalized spacial score (nSPS) is 22.8. The SMILES string of the molecule is OCCCCCNC1CC(c2ccc(F)cc2)C1. The van der Waals surface area contributed by atoms with Gasteiger partial charge in [0.05, 0.1) is 0 Å². The molecule has 1 aliphatic rings. The van der Waals surface area contributed by atoms with Crippen molar-refractivity contribution < 1.29 is 9.50 Å². The van der Waals surface area contributed by atoms with Crippen molar-refractivity contribution in [3.8, 4) is 0 Å². The molecule has 2 rings (SSSR count). The van der Waals surface area contributed by atoms with Crippen LogP contribution < -0.4 is 5.32 Å². The number of hydrogen-bond donors (Lipinski definition) is 2. The molecule has 0 aromatic heterocycles. The Hall–Kier alpha value is -0.930. The van der Waals surface area contributed by atoms with E-state index in [-0.39, 0.29) is 5.82 Å². The molecule has 18 heavy (non-hydrogen) atoms. The summed E-state index contributed by atoms with van der Waals surface area (Å²) in [6.07, 6.45) is 5.46. The molecule has 0 radical (unpaired) electrons. The highest BCUT2D eigenvalue weighted by atomic mass is 19.1. The molecule has 0 saturated heterocycles. The van der Waals surface area contributed by atoms with E-state index >= 15 is 0 Å². The second-order valence-electron chi connectivity index (χ2n) is 5.16. The van der Waals surface area contributed by atoms with Crippen LogP contribution in [0.4, 0.5) is 4.39 Å². The maximum atomic E-state index is 12.8. The van der Waals surface area contributed by atoms with E-state index in [1.165, 1.54) is 5.56 Å². The maximum absolute atomic E-state index is 12.8. The predicted octanol–water partition coefficient (Wildman–Crippen LogP) is 2.82. The minimum atomic E-state index is -0.156.